The van der Waals surface area contributed by atoms with E-state index >= 15 is 0 Å². The van der Waals surface area contributed by atoms with E-state index in [1.54, 1.807) is 6.08 Å². The lowest BCUT2D eigenvalue weighted by Gasteiger charge is -2.05. The third-order valence-corrected chi connectivity index (χ3v) is 2.65. The molecule has 0 heterocycles. The fourth-order valence-corrected chi connectivity index (χ4v) is 1.43. The van der Waals surface area contributed by atoms with Crippen LogP contribution in [0.3, 0.4) is 0 Å². The molecule has 0 nitrogen and oxygen atoms in total. The van der Waals surface area contributed by atoms with Gasteiger partial charge in [-0.1, -0.05) is 61.7 Å². The summed E-state index contributed by atoms with van der Waals surface area (Å²) in [6, 6.07) is 8.40. The van der Waals surface area contributed by atoms with E-state index in [1.807, 2.05) is 12.2 Å². The fourth-order valence-electron chi connectivity index (χ4n) is 1.43. The lowest BCUT2D eigenvalue weighted by Crippen LogP contribution is -1.83. The van der Waals surface area contributed by atoms with Crippen molar-refractivity contribution in [3.63, 3.8) is 0 Å². The Morgan fingerprint density at radius 1 is 1.06 bits per heavy atom. The SMILES string of the molecule is C=C/C=C\C(C)=C(/C)c1ccc(C=C)cc1. The molecule has 0 bridgehead atoms. The molecule has 0 heteroatoms. The van der Waals surface area contributed by atoms with Crippen LogP contribution in [0.4, 0.5) is 0 Å². The van der Waals surface area contributed by atoms with Crippen LogP contribution in [0.1, 0.15) is 25.0 Å². The minimum Gasteiger partial charge on any atom is -0.0991 e. The number of hydrogen-bond donors (Lipinski definition) is 0. The van der Waals surface area contributed by atoms with Crippen molar-refractivity contribution in [1.82, 2.24) is 0 Å². The van der Waals surface area contributed by atoms with Crippen molar-refractivity contribution in [3.8, 4) is 0 Å². The first-order chi connectivity index (χ1) is 7.69. The van der Waals surface area contributed by atoms with Gasteiger partial charge in [0, 0.05) is 0 Å². The number of benzene rings is 1. The first-order valence-corrected chi connectivity index (χ1v) is 5.38. The highest BCUT2D eigenvalue weighted by Crippen LogP contribution is 2.19. The van der Waals surface area contributed by atoms with Crippen molar-refractivity contribution in [1.29, 1.82) is 0 Å². The van der Waals surface area contributed by atoms with E-state index < -0.39 is 0 Å². The van der Waals surface area contributed by atoms with Gasteiger partial charge in [0.2, 0.25) is 0 Å². The van der Waals surface area contributed by atoms with Crippen LogP contribution in [0.15, 0.2) is 61.2 Å². The van der Waals surface area contributed by atoms with E-state index in [2.05, 4.69) is 57.3 Å². The van der Waals surface area contributed by atoms with Gasteiger partial charge in [0.1, 0.15) is 0 Å². The summed E-state index contributed by atoms with van der Waals surface area (Å²) in [4.78, 5) is 0. The lowest BCUT2D eigenvalue weighted by molar-refractivity contribution is 1.45. The van der Waals surface area contributed by atoms with Crippen LogP contribution >= 0.6 is 0 Å². The molecule has 0 aliphatic heterocycles. The fraction of sp³-hybridized carbons (Fsp3) is 0.125. The van der Waals surface area contributed by atoms with E-state index in [1.165, 1.54) is 16.7 Å². The van der Waals surface area contributed by atoms with Gasteiger partial charge in [-0.3, -0.25) is 0 Å². The molecule has 0 spiro atoms. The molecular weight excluding hydrogens is 192 g/mol. The minimum atomic E-state index is 1.15. The predicted octanol–water partition coefficient (Wildman–Crippen LogP) is 4.87. The highest BCUT2D eigenvalue weighted by molar-refractivity contribution is 5.69. The van der Waals surface area contributed by atoms with Gasteiger partial charge < -0.3 is 0 Å². The third kappa shape index (κ3) is 3.09. The molecule has 0 radical (unpaired) electrons. The van der Waals surface area contributed by atoms with E-state index in [-0.39, 0.29) is 0 Å². The smallest absolute Gasteiger partial charge is 0.0224 e. The summed E-state index contributed by atoms with van der Waals surface area (Å²) >= 11 is 0. The Bertz CT molecular complexity index is 428. The molecule has 0 saturated carbocycles. The molecule has 1 aromatic carbocycles. The monoisotopic (exact) mass is 210 g/mol. The zero-order chi connectivity index (χ0) is 12.0. The quantitative estimate of drug-likeness (QED) is 0.622. The molecular formula is C16H18. The maximum atomic E-state index is 3.75. The second kappa shape index (κ2) is 5.92. The Hall–Kier alpha value is -1.82. The maximum Gasteiger partial charge on any atom is -0.0224 e. The molecule has 0 saturated heterocycles. The molecule has 1 aromatic rings. The predicted molar refractivity (Wildman–Crippen MR) is 74.1 cm³/mol. The molecule has 0 amide bonds. The molecule has 0 N–H and O–H groups in total. The average molecular weight is 210 g/mol. The van der Waals surface area contributed by atoms with Crippen molar-refractivity contribution in [2.45, 2.75) is 13.8 Å². The Balaban J connectivity index is 3.03. The summed E-state index contributed by atoms with van der Waals surface area (Å²) in [6.07, 6.45) is 7.67. The Kier molecular flexibility index (Phi) is 4.53. The Morgan fingerprint density at radius 3 is 2.19 bits per heavy atom. The Labute approximate surface area is 98.3 Å². The van der Waals surface area contributed by atoms with E-state index in [9.17, 15) is 0 Å². The maximum absolute atomic E-state index is 3.75. The third-order valence-electron chi connectivity index (χ3n) is 2.65. The molecule has 0 unspecified atom stereocenters. The van der Waals surface area contributed by atoms with Crippen molar-refractivity contribution in [2.24, 2.45) is 0 Å². The van der Waals surface area contributed by atoms with Crippen LogP contribution in [0.25, 0.3) is 11.6 Å². The highest BCUT2D eigenvalue weighted by atomic mass is 14.0. The molecule has 0 aliphatic carbocycles. The zero-order valence-corrected chi connectivity index (χ0v) is 10.0. The van der Waals surface area contributed by atoms with Gasteiger partial charge >= 0.3 is 0 Å². The van der Waals surface area contributed by atoms with Crippen LogP contribution in [0.2, 0.25) is 0 Å². The molecule has 0 aromatic heterocycles. The highest BCUT2D eigenvalue weighted by Gasteiger charge is 1.97. The van der Waals surface area contributed by atoms with Gasteiger partial charge in [-0.2, -0.15) is 0 Å². The van der Waals surface area contributed by atoms with Crippen LogP contribution in [0.5, 0.6) is 0 Å². The summed E-state index contributed by atoms with van der Waals surface area (Å²) in [6.45, 7) is 11.7. The van der Waals surface area contributed by atoms with Gasteiger partial charge in [-0.15, -0.1) is 0 Å². The Morgan fingerprint density at radius 2 is 1.69 bits per heavy atom. The summed E-state index contributed by atoms with van der Waals surface area (Å²) in [7, 11) is 0. The molecule has 0 aliphatic rings. The van der Waals surface area contributed by atoms with Crippen molar-refractivity contribution < 1.29 is 0 Å². The first-order valence-electron chi connectivity index (χ1n) is 5.38. The van der Waals surface area contributed by atoms with E-state index in [0.29, 0.717) is 0 Å². The second-order valence-corrected chi connectivity index (χ2v) is 3.73. The molecule has 16 heavy (non-hydrogen) atoms. The molecule has 1 rings (SSSR count). The van der Waals surface area contributed by atoms with E-state index in [4.69, 9.17) is 0 Å². The minimum absolute atomic E-state index is 1.15. The first kappa shape index (κ1) is 12.3. The standard InChI is InChI=1S/C16H18/c1-5-7-8-13(3)14(4)16-11-9-15(6-2)10-12-16/h5-12H,1-2H2,3-4H3/b8-7-,14-13+. The van der Waals surface area contributed by atoms with Gasteiger partial charge in [0.25, 0.3) is 0 Å². The lowest BCUT2D eigenvalue weighted by atomic mass is 10.0. The summed E-state index contributed by atoms with van der Waals surface area (Å²) < 4.78 is 0. The molecule has 82 valence electrons. The van der Waals surface area contributed by atoms with E-state index in [0.717, 1.165) is 5.56 Å². The van der Waals surface area contributed by atoms with Gasteiger partial charge in [-0.25, -0.2) is 0 Å². The largest absolute Gasteiger partial charge is 0.0991 e. The summed E-state index contributed by atoms with van der Waals surface area (Å²) in [5, 5.41) is 0. The van der Waals surface area contributed by atoms with Crippen molar-refractivity contribution >= 4 is 11.6 Å². The molecule has 0 fully saturated rings. The number of allylic oxidation sites excluding steroid dienone is 5. The van der Waals surface area contributed by atoms with Crippen molar-refractivity contribution in [2.75, 3.05) is 0 Å². The molecule has 0 atom stereocenters. The van der Waals surface area contributed by atoms with Crippen LogP contribution < -0.4 is 0 Å². The van der Waals surface area contributed by atoms with Gasteiger partial charge in [-0.05, 0) is 36.1 Å². The topological polar surface area (TPSA) is 0 Å². The summed E-state index contributed by atoms with van der Waals surface area (Å²) in [5.74, 6) is 0. The second-order valence-electron chi connectivity index (χ2n) is 3.73. The normalized spacial score (nSPS) is 12.4. The van der Waals surface area contributed by atoms with Crippen LogP contribution in [0, 0.1) is 0 Å². The number of hydrogen-bond acceptors (Lipinski definition) is 0. The number of rotatable bonds is 4. The van der Waals surface area contributed by atoms with Crippen LogP contribution in [-0.4, -0.2) is 0 Å². The average Bonchev–Trinajstić information content (AvgIpc) is 2.35. The van der Waals surface area contributed by atoms with Gasteiger partial charge in [0.05, 0.1) is 0 Å². The summed E-state index contributed by atoms with van der Waals surface area (Å²) in [5.41, 5.74) is 4.94. The van der Waals surface area contributed by atoms with Crippen LogP contribution in [-0.2, 0) is 0 Å². The van der Waals surface area contributed by atoms with Gasteiger partial charge in [0.15, 0.2) is 0 Å². The van der Waals surface area contributed by atoms with Crippen molar-refractivity contribution in [3.05, 3.63) is 72.4 Å². The zero-order valence-electron chi connectivity index (χ0n) is 10.0.